The van der Waals surface area contributed by atoms with Gasteiger partial charge in [-0.2, -0.15) is 0 Å². The Bertz CT molecular complexity index is 353. The van der Waals surface area contributed by atoms with Crippen LogP contribution in [0.5, 0.6) is 0 Å². The third kappa shape index (κ3) is 3.96. The molecule has 18 heavy (non-hydrogen) atoms. The second kappa shape index (κ2) is 7.10. The van der Waals surface area contributed by atoms with Crippen LogP contribution in [-0.2, 0) is 0 Å². The van der Waals surface area contributed by atoms with E-state index in [1.54, 1.807) is 0 Å². The first-order chi connectivity index (χ1) is 8.77. The molecule has 100 valence electrons. The molecule has 0 bridgehead atoms. The number of thiophene rings is 1. The summed E-state index contributed by atoms with van der Waals surface area (Å²) < 4.78 is 0. The van der Waals surface area contributed by atoms with E-state index in [4.69, 9.17) is 0 Å². The van der Waals surface area contributed by atoms with Gasteiger partial charge in [0.1, 0.15) is 0 Å². The summed E-state index contributed by atoms with van der Waals surface area (Å²) in [6, 6.07) is 5.47. The van der Waals surface area contributed by atoms with E-state index in [2.05, 4.69) is 48.8 Å². The summed E-state index contributed by atoms with van der Waals surface area (Å²) >= 11 is 1.87. The fraction of sp³-hybridized carbons (Fsp3) is 0.625. The fourth-order valence-corrected chi connectivity index (χ4v) is 3.56. The highest BCUT2D eigenvalue weighted by Crippen LogP contribution is 2.27. The zero-order valence-corrected chi connectivity index (χ0v) is 12.4. The highest BCUT2D eigenvalue weighted by Gasteiger charge is 2.19. The molecule has 0 aliphatic heterocycles. The van der Waals surface area contributed by atoms with Gasteiger partial charge in [0.25, 0.3) is 0 Å². The SMILES string of the molecule is CC(C)C(NC1/C=C/CCCCC1)c1cccs1. The Balaban J connectivity index is 2.01. The third-order valence-corrected chi connectivity index (χ3v) is 4.62. The van der Waals surface area contributed by atoms with Crippen molar-refractivity contribution >= 4 is 11.3 Å². The normalized spacial score (nSPS) is 24.5. The number of nitrogens with one attached hydrogen (secondary N) is 1. The molecule has 1 N–H and O–H groups in total. The van der Waals surface area contributed by atoms with E-state index < -0.39 is 0 Å². The van der Waals surface area contributed by atoms with Crippen LogP contribution in [0.1, 0.15) is 56.9 Å². The minimum Gasteiger partial charge on any atom is -0.303 e. The van der Waals surface area contributed by atoms with E-state index in [0.717, 1.165) is 0 Å². The van der Waals surface area contributed by atoms with E-state index in [9.17, 15) is 0 Å². The van der Waals surface area contributed by atoms with Gasteiger partial charge in [0.05, 0.1) is 0 Å². The average molecular weight is 263 g/mol. The topological polar surface area (TPSA) is 12.0 Å². The molecule has 0 amide bonds. The molecule has 0 saturated heterocycles. The van der Waals surface area contributed by atoms with Gasteiger partial charge in [0.15, 0.2) is 0 Å². The van der Waals surface area contributed by atoms with Crippen LogP contribution in [0.4, 0.5) is 0 Å². The van der Waals surface area contributed by atoms with Gasteiger partial charge in [-0.05, 0) is 36.6 Å². The maximum atomic E-state index is 3.85. The maximum Gasteiger partial charge on any atom is 0.0442 e. The second-order valence-electron chi connectivity index (χ2n) is 5.58. The minimum absolute atomic E-state index is 0.499. The van der Waals surface area contributed by atoms with Gasteiger partial charge in [-0.25, -0.2) is 0 Å². The van der Waals surface area contributed by atoms with Crippen molar-refractivity contribution in [1.29, 1.82) is 0 Å². The Morgan fingerprint density at radius 1 is 1.28 bits per heavy atom. The Labute approximate surface area is 115 Å². The van der Waals surface area contributed by atoms with Gasteiger partial charge in [-0.1, -0.05) is 44.9 Å². The molecule has 2 unspecified atom stereocenters. The van der Waals surface area contributed by atoms with E-state index in [0.29, 0.717) is 18.0 Å². The molecular weight excluding hydrogens is 238 g/mol. The molecule has 0 aromatic carbocycles. The van der Waals surface area contributed by atoms with Gasteiger partial charge in [0.2, 0.25) is 0 Å². The van der Waals surface area contributed by atoms with Gasteiger partial charge >= 0.3 is 0 Å². The lowest BCUT2D eigenvalue weighted by molar-refractivity contribution is 0.373. The van der Waals surface area contributed by atoms with Crippen LogP contribution in [0.3, 0.4) is 0 Å². The number of rotatable bonds is 4. The first-order valence-electron chi connectivity index (χ1n) is 7.23. The van der Waals surface area contributed by atoms with Crippen molar-refractivity contribution in [3.63, 3.8) is 0 Å². The third-order valence-electron chi connectivity index (χ3n) is 3.66. The summed E-state index contributed by atoms with van der Waals surface area (Å²) in [6.45, 7) is 4.62. The highest BCUT2D eigenvalue weighted by molar-refractivity contribution is 7.10. The van der Waals surface area contributed by atoms with Crippen molar-refractivity contribution in [1.82, 2.24) is 5.32 Å². The largest absolute Gasteiger partial charge is 0.303 e. The van der Waals surface area contributed by atoms with Crippen LogP contribution in [0.2, 0.25) is 0 Å². The molecule has 0 spiro atoms. The number of hydrogen-bond acceptors (Lipinski definition) is 2. The summed E-state index contributed by atoms with van der Waals surface area (Å²) in [4.78, 5) is 1.47. The van der Waals surface area contributed by atoms with Crippen LogP contribution < -0.4 is 5.32 Å². The maximum absolute atomic E-state index is 3.85. The monoisotopic (exact) mass is 263 g/mol. The van der Waals surface area contributed by atoms with Crippen molar-refractivity contribution in [2.45, 2.75) is 58.0 Å². The predicted molar refractivity (Wildman–Crippen MR) is 81.0 cm³/mol. The highest BCUT2D eigenvalue weighted by atomic mass is 32.1. The smallest absolute Gasteiger partial charge is 0.0442 e. The molecule has 0 saturated carbocycles. The summed E-state index contributed by atoms with van der Waals surface area (Å²) in [7, 11) is 0. The van der Waals surface area contributed by atoms with Gasteiger partial charge < -0.3 is 5.32 Å². The molecule has 2 heteroatoms. The van der Waals surface area contributed by atoms with E-state index >= 15 is 0 Å². The Morgan fingerprint density at radius 3 is 2.89 bits per heavy atom. The van der Waals surface area contributed by atoms with Crippen molar-refractivity contribution in [3.05, 3.63) is 34.5 Å². The zero-order chi connectivity index (χ0) is 12.8. The molecule has 2 rings (SSSR count). The van der Waals surface area contributed by atoms with Gasteiger partial charge in [-0.3, -0.25) is 0 Å². The second-order valence-corrected chi connectivity index (χ2v) is 6.56. The summed E-state index contributed by atoms with van der Waals surface area (Å²) in [5, 5.41) is 6.03. The first-order valence-corrected chi connectivity index (χ1v) is 8.11. The summed E-state index contributed by atoms with van der Waals surface area (Å²) in [6.07, 6.45) is 11.4. The first kappa shape index (κ1) is 13.8. The van der Waals surface area contributed by atoms with Crippen molar-refractivity contribution in [2.24, 2.45) is 5.92 Å². The molecule has 1 aromatic rings. The van der Waals surface area contributed by atoms with Crippen molar-refractivity contribution in [3.8, 4) is 0 Å². The van der Waals surface area contributed by atoms with E-state index in [1.165, 1.54) is 37.0 Å². The zero-order valence-electron chi connectivity index (χ0n) is 11.6. The Kier molecular flexibility index (Phi) is 5.45. The van der Waals surface area contributed by atoms with Crippen molar-refractivity contribution in [2.75, 3.05) is 0 Å². The van der Waals surface area contributed by atoms with E-state index in [1.807, 2.05) is 11.3 Å². The fourth-order valence-electron chi connectivity index (χ4n) is 2.60. The van der Waals surface area contributed by atoms with Gasteiger partial charge in [-0.15, -0.1) is 11.3 Å². The van der Waals surface area contributed by atoms with Gasteiger partial charge in [0, 0.05) is 17.0 Å². The van der Waals surface area contributed by atoms with Crippen molar-refractivity contribution < 1.29 is 0 Å². The lowest BCUT2D eigenvalue weighted by atomic mass is 9.98. The number of hydrogen-bond donors (Lipinski definition) is 1. The molecule has 1 aliphatic carbocycles. The Hall–Kier alpha value is -0.600. The molecule has 1 nitrogen and oxygen atoms in total. The molecule has 2 atom stereocenters. The van der Waals surface area contributed by atoms with Crippen LogP contribution in [0.25, 0.3) is 0 Å². The summed E-state index contributed by atoms with van der Waals surface area (Å²) in [5.41, 5.74) is 0. The minimum atomic E-state index is 0.499. The van der Waals surface area contributed by atoms with Crippen LogP contribution in [0.15, 0.2) is 29.7 Å². The molecule has 1 heterocycles. The summed E-state index contributed by atoms with van der Waals surface area (Å²) in [5.74, 6) is 0.641. The molecule has 0 radical (unpaired) electrons. The lowest BCUT2D eigenvalue weighted by Gasteiger charge is -2.27. The Morgan fingerprint density at radius 2 is 2.17 bits per heavy atom. The number of allylic oxidation sites excluding steroid dienone is 1. The van der Waals surface area contributed by atoms with E-state index in [-0.39, 0.29) is 0 Å². The molecule has 1 aromatic heterocycles. The standard InChI is InChI=1S/C16H25NS/c1-13(2)16(15-11-8-12-18-15)17-14-9-6-4-3-5-7-10-14/h6,8-9,11-14,16-17H,3-5,7,10H2,1-2H3/b9-6+. The van der Waals surface area contributed by atoms with Crippen LogP contribution in [-0.4, -0.2) is 6.04 Å². The molecular formula is C16H25NS. The quantitative estimate of drug-likeness (QED) is 0.760. The molecule has 1 aliphatic rings. The predicted octanol–water partition coefficient (Wildman–Crippen LogP) is 4.92. The van der Waals surface area contributed by atoms with Crippen LogP contribution >= 0.6 is 11.3 Å². The lowest BCUT2D eigenvalue weighted by Crippen LogP contribution is -2.34. The van der Waals surface area contributed by atoms with Crippen LogP contribution in [0, 0.1) is 5.92 Å². The average Bonchev–Trinajstić information content (AvgIpc) is 2.80. The molecule has 0 fully saturated rings.